The van der Waals surface area contributed by atoms with E-state index in [-0.39, 0.29) is 18.0 Å². The molecule has 0 saturated heterocycles. The first-order valence-electron chi connectivity index (χ1n) is 8.32. The van der Waals surface area contributed by atoms with Gasteiger partial charge in [0.15, 0.2) is 0 Å². The predicted molar refractivity (Wildman–Crippen MR) is 93.1 cm³/mol. The highest BCUT2D eigenvalue weighted by molar-refractivity contribution is 5.83. The van der Waals surface area contributed by atoms with Crippen LogP contribution >= 0.6 is 0 Å². The van der Waals surface area contributed by atoms with Crippen molar-refractivity contribution in [2.45, 2.75) is 44.8 Å². The molecular weight excluding hydrogens is 284 g/mol. The second kappa shape index (κ2) is 6.97. The van der Waals surface area contributed by atoms with E-state index in [0.29, 0.717) is 6.04 Å². The lowest BCUT2D eigenvalue weighted by Crippen LogP contribution is -2.39. The van der Waals surface area contributed by atoms with Crippen LogP contribution in [0.1, 0.15) is 48.5 Å². The molecule has 1 aliphatic carbocycles. The zero-order valence-electron chi connectivity index (χ0n) is 13.8. The van der Waals surface area contributed by atoms with Crippen LogP contribution in [0.3, 0.4) is 0 Å². The minimum Gasteiger partial charge on any atom is -0.352 e. The molecule has 2 aromatic carbocycles. The Morgan fingerprint density at radius 2 is 1.70 bits per heavy atom. The number of rotatable bonds is 6. The van der Waals surface area contributed by atoms with Gasteiger partial charge in [-0.05, 0) is 43.4 Å². The van der Waals surface area contributed by atoms with Gasteiger partial charge in [0.05, 0.1) is 0 Å². The van der Waals surface area contributed by atoms with Gasteiger partial charge in [-0.3, -0.25) is 10.1 Å². The summed E-state index contributed by atoms with van der Waals surface area (Å²) in [5.74, 6) is 0.0686. The van der Waals surface area contributed by atoms with Crippen molar-refractivity contribution in [2.24, 2.45) is 0 Å². The largest absolute Gasteiger partial charge is 0.352 e. The van der Waals surface area contributed by atoms with Crippen LogP contribution in [-0.2, 0) is 4.79 Å². The summed E-state index contributed by atoms with van der Waals surface area (Å²) in [5, 5.41) is 6.63. The first-order valence-corrected chi connectivity index (χ1v) is 8.32. The minimum atomic E-state index is -0.327. The zero-order valence-corrected chi connectivity index (χ0v) is 13.8. The Kier molecular flexibility index (Phi) is 4.77. The van der Waals surface area contributed by atoms with Gasteiger partial charge in [-0.1, -0.05) is 54.6 Å². The van der Waals surface area contributed by atoms with Gasteiger partial charge in [0, 0.05) is 12.1 Å². The maximum atomic E-state index is 12.7. The lowest BCUT2D eigenvalue weighted by molar-refractivity contribution is -0.123. The van der Waals surface area contributed by atoms with E-state index in [4.69, 9.17) is 0 Å². The average Bonchev–Trinajstić information content (AvgIpc) is 3.37. The van der Waals surface area contributed by atoms with Crippen molar-refractivity contribution in [3.05, 3.63) is 71.3 Å². The Morgan fingerprint density at radius 3 is 2.35 bits per heavy atom. The molecule has 0 heterocycles. The topological polar surface area (TPSA) is 41.1 Å². The van der Waals surface area contributed by atoms with Crippen LogP contribution in [-0.4, -0.2) is 11.9 Å². The molecule has 0 aromatic heterocycles. The zero-order chi connectivity index (χ0) is 16.2. The minimum absolute atomic E-state index is 0.0686. The molecule has 3 nitrogen and oxygen atoms in total. The molecule has 2 atom stereocenters. The number of hydrogen-bond acceptors (Lipinski definition) is 2. The van der Waals surface area contributed by atoms with E-state index < -0.39 is 0 Å². The van der Waals surface area contributed by atoms with E-state index in [2.05, 4.69) is 36.6 Å². The van der Waals surface area contributed by atoms with Crippen molar-refractivity contribution in [2.75, 3.05) is 0 Å². The molecule has 2 N–H and O–H groups in total. The molecule has 23 heavy (non-hydrogen) atoms. The average molecular weight is 308 g/mol. The normalized spacial score (nSPS) is 16.6. The number of nitrogens with one attached hydrogen (secondary N) is 2. The Morgan fingerprint density at radius 1 is 1.04 bits per heavy atom. The molecule has 0 aliphatic heterocycles. The lowest BCUT2D eigenvalue weighted by atomic mass is 9.99. The number of aryl methyl sites for hydroxylation is 1. The Labute approximate surface area is 138 Å². The standard InChI is InChI=1S/C20H24N2O/c1-14-8-6-7-11-18(14)15(2)21-19(16-9-4-3-5-10-16)20(23)22-17-12-13-17/h3-11,15,17,19,21H,12-13H2,1-2H3,(H,22,23). The van der Waals surface area contributed by atoms with Gasteiger partial charge >= 0.3 is 0 Å². The van der Waals surface area contributed by atoms with Crippen LogP contribution in [0.25, 0.3) is 0 Å². The number of hydrogen-bond donors (Lipinski definition) is 2. The van der Waals surface area contributed by atoms with Crippen molar-refractivity contribution in [3.8, 4) is 0 Å². The Balaban J connectivity index is 1.80. The van der Waals surface area contributed by atoms with E-state index in [1.165, 1.54) is 11.1 Å². The summed E-state index contributed by atoms with van der Waals surface area (Å²) in [6, 6.07) is 18.4. The Bertz CT molecular complexity index is 664. The van der Waals surface area contributed by atoms with Gasteiger partial charge in [-0.15, -0.1) is 0 Å². The molecule has 1 aliphatic rings. The van der Waals surface area contributed by atoms with Crippen LogP contribution < -0.4 is 10.6 Å². The van der Waals surface area contributed by atoms with Gasteiger partial charge < -0.3 is 5.32 Å². The summed E-state index contributed by atoms with van der Waals surface area (Å²) in [6.07, 6.45) is 2.20. The van der Waals surface area contributed by atoms with Crippen LogP contribution in [0.4, 0.5) is 0 Å². The van der Waals surface area contributed by atoms with Crippen molar-refractivity contribution >= 4 is 5.91 Å². The molecule has 1 amide bonds. The lowest BCUT2D eigenvalue weighted by Gasteiger charge is -2.24. The molecule has 1 saturated carbocycles. The van der Waals surface area contributed by atoms with E-state index in [9.17, 15) is 4.79 Å². The van der Waals surface area contributed by atoms with E-state index in [1.807, 2.05) is 42.5 Å². The second-order valence-electron chi connectivity index (χ2n) is 6.37. The van der Waals surface area contributed by atoms with Crippen LogP contribution in [0.2, 0.25) is 0 Å². The maximum absolute atomic E-state index is 12.7. The highest BCUT2D eigenvalue weighted by atomic mass is 16.2. The van der Waals surface area contributed by atoms with Gasteiger partial charge in [0.2, 0.25) is 5.91 Å². The van der Waals surface area contributed by atoms with Gasteiger partial charge in [-0.2, -0.15) is 0 Å². The van der Waals surface area contributed by atoms with Gasteiger partial charge in [0.25, 0.3) is 0 Å². The summed E-state index contributed by atoms with van der Waals surface area (Å²) in [4.78, 5) is 12.7. The molecule has 120 valence electrons. The first kappa shape index (κ1) is 15.8. The smallest absolute Gasteiger partial charge is 0.241 e. The predicted octanol–water partition coefficient (Wildman–Crippen LogP) is 3.67. The molecule has 0 bridgehead atoms. The summed E-state index contributed by atoms with van der Waals surface area (Å²) >= 11 is 0. The number of carbonyl (C=O) groups is 1. The first-order chi connectivity index (χ1) is 11.1. The fourth-order valence-electron chi connectivity index (χ4n) is 2.89. The monoisotopic (exact) mass is 308 g/mol. The number of amides is 1. The third-order valence-corrected chi connectivity index (χ3v) is 4.39. The third kappa shape index (κ3) is 3.99. The molecule has 2 aromatic rings. The van der Waals surface area contributed by atoms with Gasteiger partial charge in [0.1, 0.15) is 6.04 Å². The fourth-order valence-corrected chi connectivity index (χ4v) is 2.89. The fraction of sp³-hybridized carbons (Fsp3) is 0.350. The van der Waals surface area contributed by atoms with E-state index in [1.54, 1.807) is 0 Å². The summed E-state index contributed by atoms with van der Waals surface area (Å²) < 4.78 is 0. The summed E-state index contributed by atoms with van der Waals surface area (Å²) in [5.41, 5.74) is 3.47. The highest BCUT2D eigenvalue weighted by Crippen LogP contribution is 2.24. The second-order valence-corrected chi connectivity index (χ2v) is 6.37. The van der Waals surface area contributed by atoms with Crippen molar-refractivity contribution in [3.63, 3.8) is 0 Å². The van der Waals surface area contributed by atoms with Gasteiger partial charge in [-0.25, -0.2) is 0 Å². The summed E-state index contributed by atoms with van der Waals surface area (Å²) in [7, 11) is 0. The number of carbonyl (C=O) groups excluding carboxylic acids is 1. The van der Waals surface area contributed by atoms with Crippen molar-refractivity contribution < 1.29 is 4.79 Å². The maximum Gasteiger partial charge on any atom is 0.241 e. The molecule has 3 heteroatoms. The van der Waals surface area contributed by atoms with E-state index >= 15 is 0 Å². The number of benzene rings is 2. The third-order valence-electron chi connectivity index (χ3n) is 4.39. The highest BCUT2D eigenvalue weighted by Gasteiger charge is 2.29. The molecular formula is C20H24N2O. The van der Waals surface area contributed by atoms with Crippen LogP contribution in [0.15, 0.2) is 54.6 Å². The van der Waals surface area contributed by atoms with Crippen LogP contribution in [0, 0.1) is 6.92 Å². The van der Waals surface area contributed by atoms with Crippen LogP contribution in [0.5, 0.6) is 0 Å². The molecule has 3 rings (SSSR count). The molecule has 0 radical (unpaired) electrons. The van der Waals surface area contributed by atoms with Crippen molar-refractivity contribution in [1.82, 2.24) is 10.6 Å². The van der Waals surface area contributed by atoms with E-state index in [0.717, 1.165) is 18.4 Å². The molecule has 0 spiro atoms. The Hall–Kier alpha value is -2.13. The summed E-state index contributed by atoms with van der Waals surface area (Å²) in [6.45, 7) is 4.22. The SMILES string of the molecule is Cc1ccccc1C(C)NC(C(=O)NC1CC1)c1ccccc1. The molecule has 1 fully saturated rings. The van der Waals surface area contributed by atoms with Crippen molar-refractivity contribution in [1.29, 1.82) is 0 Å². The quantitative estimate of drug-likeness (QED) is 0.855. The molecule has 2 unspecified atom stereocenters.